The van der Waals surface area contributed by atoms with Crippen LogP contribution < -0.4 is 11.1 Å². The molecule has 4 aromatic rings. The summed E-state index contributed by atoms with van der Waals surface area (Å²) < 4.78 is 5.07. The lowest BCUT2D eigenvalue weighted by atomic mass is 10.0. The van der Waals surface area contributed by atoms with Gasteiger partial charge in [0.2, 0.25) is 0 Å². The molecule has 146 valence electrons. The van der Waals surface area contributed by atoms with Crippen LogP contribution in [-0.2, 0) is 11.3 Å². The summed E-state index contributed by atoms with van der Waals surface area (Å²) in [5, 5.41) is 1.68. The summed E-state index contributed by atoms with van der Waals surface area (Å²) in [5.74, 6) is 0. The van der Waals surface area contributed by atoms with E-state index in [9.17, 15) is 9.59 Å². The number of hydrogen-bond donors (Lipinski definition) is 2. The van der Waals surface area contributed by atoms with E-state index in [1.54, 1.807) is 12.1 Å². The molecule has 0 amide bonds. The maximum atomic E-state index is 13.0. The Morgan fingerprint density at radius 3 is 2.62 bits per heavy atom. The maximum absolute atomic E-state index is 13.0. The Bertz CT molecular complexity index is 1300. The number of benzene rings is 2. The number of ether oxygens (including phenoxy) is 1. The number of fused-ring (bicyclic) bond motifs is 1. The Morgan fingerprint density at radius 1 is 1.07 bits per heavy atom. The Kier molecular flexibility index (Phi) is 5.53. The van der Waals surface area contributed by atoms with Gasteiger partial charge in [-0.05, 0) is 35.5 Å². The van der Waals surface area contributed by atoms with Crippen LogP contribution in [0, 0.1) is 0 Å². The van der Waals surface area contributed by atoms with Crippen LogP contribution in [0.25, 0.3) is 22.0 Å². The van der Waals surface area contributed by atoms with Crippen LogP contribution in [-0.4, -0.2) is 22.1 Å². The SMILES string of the molecule is COCc1cc(=O)[nH]c(Sc2c(-c3ccccc3)c3cc(Cl)ccc3[nH]c2=O)n1. The molecule has 0 saturated carbocycles. The topological polar surface area (TPSA) is 87.8 Å². The molecule has 2 aromatic heterocycles. The number of rotatable bonds is 5. The standard InChI is InChI=1S/C21H16ClN3O3S/c1-28-11-14-10-17(26)25-21(23-14)29-19-18(12-5-3-2-4-6-12)15-9-13(22)7-8-16(15)24-20(19)27/h2-10H,11H2,1H3,(H,24,27)(H,23,25,26). The Labute approximate surface area is 174 Å². The summed E-state index contributed by atoms with van der Waals surface area (Å²) in [6.45, 7) is 0.201. The summed E-state index contributed by atoms with van der Waals surface area (Å²) in [4.78, 5) is 35.4. The fourth-order valence-electron chi connectivity index (χ4n) is 3.09. The molecule has 0 saturated heterocycles. The molecule has 2 heterocycles. The number of aromatic amines is 2. The van der Waals surface area contributed by atoms with Gasteiger partial charge in [-0.2, -0.15) is 0 Å². The van der Waals surface area contributed by atoms with Gasteiger partial charge in [-0.1, -0.05) is 41.9 Å². The van der Waals surface area contributed by atoms with Crippen molar-refractivity contribution in [2.45, 2.75) is 16.7 Å². The number of aromatic nitrogens is 3. The molecule has 0 bridgehead atoms. The molecule has 0 aliphatic carbocycles. The van der Waals surface area contributed by atoms with E-state index in [2.05, 4.69) is 15.0 Å². The van der Waals surface area contributed by atoms with Crippen LogP contribution in [0.4, 0.5) is 0 Å². The third-order valence-corrected chi connectivity index (χ3v) is 5.47. The highest BCUT2D eigenvalue weighted by Crippen LogP contribution is 2.37. The summed E-state index contributed by atoms with van der Waals surface area (Å²) in [6.07, 6.45) is 0. The summed E-state index contributed by atoms with van der Waals surface area (Å²) >= 11 is 7.34. The highest BCUT2D eigenvalue weighted by atomic mass is 35.5. The predicted molar refractivity (Wildman–Crippen MR) is 115 cm³/mol. The van der Waals surface area contributed by atoms with Gasteiger partial charge >= 0.3 is 0 Å². The van der Waals surface area contributed by atoms with Crippen molar-refractivity contribution in [3.05, 3.63) is 86.0 Å². The second-order valence-corrected chi connectivity index (χ2v) is 7.73. The third-order valence-electron chi connectivity index (χ3n) is 4.26. The molecule has 0 unspecified atom stereocenters. The van der Waals surface area contributed by atoms with Crippen molar-refractivity contribution in [1.29, 1.82) is 0 Å². The van der Waals surface area contributed by atoms with Crippen molar-refractivity contribution in [1.82, 2.24) is 15.0 Å². The van der Waals surface area contributed by atoms with Gasteiger partial charge in [-0.3, -0.25) is 9.59 Å². The van der Waals surface area contributed by atoms with Gasteiger partial charge in [0, 0.05) is 34.7 Å². The molecule has 0 aliphatic rings. The van der Waals surface area contributed by atoms with Gasteiger partial charge < -0.3 is 14.7 Å². The second-order valence-electron chi connectivity index (χ2n) is 6.29. The average Bonchev–Trinajstić information content (AvgIpc) is 2.69. The molecular formula is C21H16ClN3O3S. The van der Waals surface area contributed by atoms with Gasteiger partial charge in [-0.15, -0.1) is 0 Å². The molecule has 8 heteroatoms. The molecule has 0 fully saturated rings. The highest BCUT2D eigenvalue weighted by Gasteiger charge is 2.17. The van der Waals surface area contributed by atoms with Crippen molar-refractivity contribution in [3.8, 4) is 11.1 Å². The molecule has 6 nitrogen and oxygen atoms in total. The zero-order valence-corrected chi connectivity index (χ0v) is 16.9. The molecule has 4 rings (SSSR count). The number of nitrogens with one attached hydrogen (secondary N) is 2. The smallest absolute Gasteiger partial charge is 0.263 e. The number of H-pyrrole nitrogens is 2. The molecule has 0 aliphatic heterocycles. The number of methoxy groups -OCH3 is 1. The quantitative estimate of drug-likeness (QED) is 0.467. The normalized spacial score (nSPS) is 11.1. The van der Waals surface area contributed by atoms with Crippen LogP contribution in [0.15, 0.2) is 74.2 Å². The van der Waals surface area contributed by atoms with E-state index in [4.69, 9.17) is 16.3 Å². The zero-order chi connectivity index (χ0) is 20.4. The van der Waals surface area contributed by atoms with Crippen molar-refractivity contribution >= 4 is 34.3 Å². The Morgan fingerprint density at radius 2 is 1.86 bits per heavy atom. The van der Waals surface area contributed by atoms with E-state index in [0.717, 1.165) is 28.3 Å². The lowest BCUT2D eigenvalue weighted by molar-refractivity contribution is 0.180. The van der Waals surface area contributed by atoms with E-state index in [1.807, 2.05) is 36.4 Å². The number of nitrogens with zero attached hydrogens (tertiary/aromatic N) is 1. The summed E-state index contributed by atoms with van der Waals surface area (Å²) in [6, 6.07) is 16.3. The largest absolute Gasteiger partial charge is 0.378 e. The average molecular weight is 426 g/mol. The molecule has 29 heavy (non-hydrogen) atoms. The lowest BCUT2D eigenvalue weighted by Gasteiger charge is -2.13. The van der Waals surface area contributed by atoms with Crippen LogP contribution in [0.5, 0.6) is 0 Å². The summed E-state index contributed by atoms with van der Waals surface area (Å²) in [7, 11) is 1.53. The van der Waals surface area contributed by atoms with E-state index in [-0.39, 0.29) is 17.7 Å². The first kappa shape index (κ1) is 19.4. The first-order valence-corrected chi connectivity index (χ1v) is 9.92. The van der Waals surface area contributed by atoms with Crippen molar-refractivity contribution in [2.75, 3.05) is 7.11 Å². The Hall–Kier alpha value is -2.87. The molecule has 0 atom stereocenters. The second kappa shape index (κ2) is 8.24. The van der Waals surface area contributed by atoms with Gasteiger partial charge in [0.15, 0.2) is 5.16 Å². The molecule has 0 radical (unpaired) electrons. The summed E-state index contributed by atoms with van der Waals surface area (Å²) in [5.41, 5.74) is 2.18. The Balaban J connectivity index is 1.96. The number of hydrogen-bond acceptors (Lipinski definition) is 5. The maximum Gasteiger partial charge on any atom is 0.263 e. The first-order chi connectivity index (χ1) is 14.0. The van der Waals surface area contributed by atoms with E-state index in [0.29, 0.717) is 26.3 Å². The minimum absolute atomic E-state index is 0.201. The fourth-order valence-corrected chi connectivity index (χ4v) is 4.24. The van der Waals surface area contributed by atoms with Crippen molar-refractivity contribution in [2.24, 2.45) is 0 Å². The fraction of sp³-hybridized carbons (Fsp3) is 0.0952. The van der Waals surface area contributed by atoms with Crippen molar-refractivity contribution < 1.29 is 4.74 Å². The van der Waals surface area contributed by atoms with E-state index < -0.39 is 0 Å². The van der Waals surface area contributed by atoms with Gasteiger partial charge in [-0.25, -0.2) is 4.98 Å². The third kappa shape index (κ3) is 4.12. The number of halogens is 1. The van der Waals surface area contributed by atoms with Crippen LogP contribution >= 0.6 is 23.4 Å². The van der Waals surface area contributed by atoms with Gasteiger partial charge in [0.05, 0.1) is 17.2 Å². The highest BCUT2D eigenvalue weighted by molar-refractivity contribution is 7.99. The predicted octanol–water partition coefficient (Wildman–Crippen LogP) is 4.23. The first-order valence-electron chi connectivity index (χ1n) is 8.73. The van der Waals surface area contributed by atoms with Crippen LogP contribution in [0.2, 0.25) is 5.02 Å². The zero-order valence-electron chi connectivity index (χ0n) is 15.4. The molecule has 0 spiro atoms. The number of pyridine rings is 1. The van der Waals surface area contributed by atoms with Crippen molar-refractivity contribution in [3.63, 3.8) is 0 Å². The monoisotopic (exact) mass is 425 g/mol. The van der Waals surface area contributed by atoms with Gasteiger partial charge in [0.25, 0.3) is 11.1 Å². The van der Waals surface area contributed by atoms with Crippen LogP contribution in [0.1, 0.15) is 5.69 Å². The van der Waals surface area contributed by atoms with E-state index >= 15 is 0 Å². The van der Waals surface area contributed by atoms with E-state index in [1.165, 1.54) is 13.2 Å². The lowest BCUT2D eigenvalue weighted by Crippen LogP contribution is -2.14. The minimum Gasteiger partial charge on any atom is -0.378 e. The molecule has 2 aromatic carbocycles. The molecule has 2 N–H and O–H groups in total. The molecular weight excluding hydrogens is 410 g/mol. The minimum atomic E-state index is -0.309. The van der Waals surface area contributed by atoms with Gasteiger partial charge in [0.1, 0.15) is 0 Å². The van der Waals surface area contributed by atoms with Crippen LogP contribution in [0.3, 0.4) is 0 Å².